The van der Waals surface area contributed by atoms with Crippen LogP contribution in [0.15, 0.2) is 72.8 Å². The van der Waals surface area contributed by atoms with Gasteiger partial charge in [0, 0.05) is 17.8 Å². The van der Waals surface area contributed by atoms with Gasteiger partial charge in [-0.2, -0.15) is 0 Å². The molecular formula is C26H26F2N2O2. The number of anilines is 1. The molecular weight excluding hydrogens is 410 g/mol. The molecule has 0 atom stereocenters. The first-order chi connectivity index (χ1) is 15.3. The molecule has 0 aromatic heterocycles. The lowest BCUT2D eigenvalue weighted by molar-refractivity contribution is -0.120. The molecule has 0 saturated carbocycles. The smallest absolute Gasteiger partial charge is 0.258 e. The van der Waals surface area contributed by atoms with E-state index in [0.29, 0.717) is 18.2 Å². The van der Waals surface area contributed by atoms with E-state index in [0.717, 1.165) is 11.1 Å². The number of nitrogens with one attached hydrogen (secondary N) is 1. The van der Waals surface area contributed by atoms with Crippen molar-refractivity contribution in [3.8, 4) is 0 Å². The molecule has 3 rings (SSSR count). The molecule has 2 amide bonds. The second-order valence-corrected chi connectivity index (χ2v) is 8.07. The standard InChI is InChI=1S/C26H26F2N2O2/c1-18(2)16-29-25(31)14-19-8-12-24(13-9-19)30(17-20-6-10-22(27)11-7-20)26(32)21-4-3-5-23(28)15-21/h3-13,15,18H,14,16-17H2,1-2H3,(H,29,31). The van der Waals surface area contributed by atoms with E-state index in [9.17, 15) is 18.4 Å². The quantitative estimate of drug-likeness (QED) is 0.532. The highest BCUT2D eigenvalue weighted by molar-refractivity contribution is 6.06. The normalized spacial score (nSPS) is 10.8. The van der Waals surface area contributed by atoms with Gasteiger partial charge < -0.3 is 10.2 Å². The van der Waals surface area contributed by atoms with E-state index < -0.39 is 5.82 Å². The number of amides is 2. The predicted molar refractivity (Wildman–Crippen MR) is 121 cm³/mol. The summed E-state index contributed by atoms with van der Waals surface area (Å²) in [5.74, 6) is -0.936. The van der Waals surface area contributed by atoms with Crippen LogP contribution in [0.5, 0.6) is 0 Å². The summed E-state index contributed by atoms with van der Waals surface area (Å²) < 4.78 is 27.0. The number of halogens is 2. The van der Waals surface area contributed by atoms with E-state index in [1.54, 1.807) is 42.5 Å². The Balaban J connectivity index is 1.83. The Bertz CT molecular complexity index is 1060. The summed E-state index contributed by atoms with van der Waals surface area (Å²) in [5, 5.41) is 2.88. The topological polar surface area (TPSA) is 49.4 Å². The fourth-order valence-electron chi connectivity index (χ4n) is 3.19. The van der Waals surface area contributed by atoms with Crippen LogP contribution in [-0.4, -0.2) is 18.4 Å². The highest BCUT2D eigenvalue weighted by Gasteiger charge is 2.19. The molecule has 0 saturated heterocycles. The monoisotopic (exact) mass is 436 g/mol. The molecule has 166 valence electrons. The molecule has 1 N–H and O–H groups in total. The van der Waals surface area contributed by atoms with Crippen molar-refractivity contribution in [3.63, 3.8) is 0 Å². The maximum Gasteiger partial charge on any atom is 0.258 e. The first kappa shape index (κ1) is 23.1. The lowest BCUT2D eigenvalue weighted by Crippen LogP contribution is -2.30. The Morgan fingerprint density at radius 2 is 1.53 bits per heavy atom. The van der Waals surface area contributed by atoms with Gasteiger partial charge in [-0.25, -0.2) is 8.78 Å². The van der Waals surface area contributed by atoms with Gasteiger partial charge >= 0.3 is 0 Å². The second-order valence-electron chi connectivity index (χ2n) is 8.07. The van der Waals surface area contributed by atoms with Gasteiger partial charge in [0.2, 0.25) is 5.91 Å². The number of carbonyl (C=O) groups excluding carboxylic acids is 2. The highest BCUT2D eigenvalue weighted by Crippen LogP contribution is 2.22. The molecule has 3 aromatic rings. The fourth-order valence-corrected chi connectivity index (χ4v) is 3.19. The number of nitrogens with zero attached hydrogens (tertiary/aromatic N) is 1. The Morgan fingerprint density at radius 1 is 0.875 bits per heavy atom. The Kier molecular flexibility index (Phi) is 7.71. The summed E-state index contributed by atoms with van der Waals surface area (Å²) >= 11 is 0. The molecule has 0 unspecified atom stereocenters. The van der Waals surface area contributed by atoms with Gasteiger partial charge in [0.15, 0.2) is 0 Å². The highest BCUT2D eigenvalue weighted by atomic mass is 19.1. The van der Waals surface area contributed by atoms with Crippen molar-refractivity contribution in [1.29, 1.82) is 0 Å². The largest absolute Gasteiger partial charge is 0.356 e. The summed E-state index contributed by atoms with van der Waals surface area (Å²) in [6, 6.07) is 18.5. The van der Waals surface area contributed by atoms with Crippen LogP contribution < -0.4 is 10.2 Å². The maximum absolute atomic E-state index is 13.7. The number of hydrogen-bond donors (Lipinski definition) is 1. The molecule has 3 aromatic carbocycles. The third-order valence-corrected chi connectivity index (χ3v) is 4.89. The summed E-state index contributed by atoms with van der Waals surface area (Å²) in [6.45, 7) is 4.86. The average Bonchev–Trinajstić information content (AvgIpc) is 2.77. The molecule has 0 aliphatic carbocycles. The van der Waals surface area contributed by atoms with Crippen LogP contribution in [0, 0.1) is 17.6 Å². The van der Waals surface area contributed by atoms with Crippen molar-refractivity contribution in [3.05, 3.63) is 101 Å². The number of hydrogen-bond acceptors (Lipinski definition) is 2. The molecule has 32 heavy (non-hydrogen) atoms. The van der Waals surface area contributed by atoms with E-state index in [4.69, 9.17) is 0 Å². The molecule has 0 heterocycles. The zero-order valence-corrected chi connectivity index (χ0v) is 18.1. The van der Waals surface area contributed by atoms with Crippen molar-refractivity contribution in [2.45, 2.75) is 26.8 Å². The van der Waals surface area contributed by atoms with Crippen LogP contribution in [-0.2, 0) is 17.8 Å². The van der Waals surface area contributed by atoms with Gasteiger partial charge in [-0.3, -0.25) is 9.59 Å². The second kappa shape index (κ2) is 10.7. The van der Waals surface area contributed by atoms with Gasteiger partial charge in [0.25, 0.3) is 5.91 Å². The summed E-state index contributed by atoms with van der Waals surface area (Å²) in [6.07, 6.45) is 0.239. The van der Waals surface area contributed by atoms with Crippen LogP contribution in [0.3, 0.4) is 0 Å². The minimum atomic E-state index is -0.500. The van der Waals surface area contributed by atoms with Crippen LogP contribution in [0.25, 0.3) is 0 Å². The molecule has 4 nitrogen and oxygen atoms in total. The minimum Gasteiger partial charge on any atom is -0.356 e. The lowest BCUT2D eigenvalue weighted by Gasteiger charge is -2.23. The molecule has 0 fully saturated rings. The van der Waals surface area contributed by atoms with E-state index >= 15 is 0 Å². The van der Waals surface area contributed by atoms with Gasteiger partial charge in [-0.05, 0) is 59.5 Å². The summed E-state index contributed by atoms with van der Waals surface area (Å²) in [7, 11) is 0. The van der Waals surface area contributed by atoms with Crippen molar-refractivity contribution >= 4 is 17.5 Å². The van der Waals surface area contributed by atoms with Gasteiger partial charge in [0.05, 0.1) is 13.0 Å². The first-order valence-corrected chi connectivity index (χ1v) is 10.5. The van der Waals surface area contributed by atoms with Crippen LogP contribution in [0.2, 0.25) is 0 Å². The lowest BCUT2D eigenvalue weighted by atomic mass is 10.1. The summed E-state index contributed by atoms with van der Waals surface area (Å²) in [4.78, 5) is 26.8. The number of rotatable bonds is 8. The Labute approximate surface area is 186 Å². The molecule has 0 bridgehead atoms. The SMILES string of the molecule is CC(C)CNC(=O)Cc1ccc(N(Cc2ccc(F)cc2)C(=O)c2cccc(F)c2)cc1. The van der Waals surface area contributed by atoms with Crippen molar-refractivity contribution in [2.24, 2.45) is 5.92 Å². The van der Waals surface area contributed by atoms with Crippen molar-refractivity contribution in [1.82, 2.24) is 5.32 Å². The zero-order valence-electron chi connectivity index (χ0n) is 18.1. The van der Waals surface area contributed by atoms with Crippen LogP contribution in [0.1, 0.15) is 35.3 Å². The molecule has 0 aliphatic rings. The third-order valence-electron chi connectivity index (χ3n) is 4.89. The van der Waals surface area contributed by atoms with E-state index in [2.05, 4.69) is 5.32 Å². The Morgan fingerprint density at radius 3 is 2.16 bits per heavy atom. The van der Waals surface area contributed by atoms with E-state index in [1.807, 2.05) is 13.8 Å². The van der Waals surface area contributed by atoms with E-state index in [1.165, 1.54) is 35.2 Å². The number of carbonyl (C=O) groups is 2. The van der Waals surface area contributed by atoms with Crippen molar-refractivity contribution < 1.29 is 18.4 Å². The van der Waals surface area contributed by atoms with E-state index in [-0.39, 0.29) is 36.2 Å². The van der Waals surface area contributed by atoms with Crippen LogP contribution >= 0.6 is 0 Å². The van der Waals surface area contributed by atoms with Crippen LogP contribution in [0.4, 0.5) is 14.5 Å². The first-order valence-electron chi connectivity index (χ1n) is 10.5. The Hall–Kier alpha value is -3.54. The predicted octanol–water partition coefficient (Wildman–Crippen LogP) is 5.13. The minimum absolute atomic E-state index is 0.0644. The fraction of sp³-hybridized carbons (Fsp3) is 0.231. The molecule has 6 heteroatoms. The van der Waals surface area contributed by atoms with Crippen molar-refractivity contribution in [2.75, 3.05) is 11.4 Å². The number of benzene rings is 3. The molecule has 0 aliphatic heterocycles. The third kappa shape index (κ3) is 6.48. The molecule has 0 radical (unpaired) electrons. The van der Waals surface area contributed by atoms with Gasteiger partial charge in [-0.15, -0.1) is 0 Å². The average molecular weight is 437 g/mol. The van der Waals surface area contributed by atoms with Gasteiger partial charge in [-0.1, -0.05) is 44.2 Å². The van der Waals surface area contributed by atoms with Gasteiger partial charge in [0.1, 0.15) is 11.6 Å². The molecule has 0 spiro atoms. The summed E-state index contributed by atoms with van der Waals surface area (Å²) in [5.41, 5.74) is 2.35. The zero-order chi connectivity index (χ0) is 23.1. The maximum atomic E-state index is 13.7.